The van der Waals surface area contributed by atoms with E-state index in [1.807, 2.05) is 30.6 Å². The predicted octanol–water partition coefficient (Wildman–Crippen LogP) is 1.67. The van der Waals surface area contributed by atoms with Crippen molar-refractivity contribution in [3.05, 3.63) is 0 Å². The van der Waals surface area contributed by atoms with E-state index in [0.29, 0.717) is 32.2 Å². The van der Waals surface area contributed by atoms with Gasteiger partial charge < -0.3 is 20.1 Å². The molecule has 2 rings (SSSR count). The van der Waals surface area contributed by atoms with Gasteiger partial charge in [-0.25, -0.2) is 0 Å². The van der Waals surface area contributed by atoms with Crippen molar-refractivity contribution in [2.75, 3.05) is 26.2 Å². The zero-order valence-corrected chi connectivity index (χ0v) is 18.2. The Hall–Kier alpha value is -0.280. The highest BCUT2D eigenvalue weighted by Gasteiger charge is 2.37. The number of aliphatic hydroxyl groups is 3. The molecule has 2 aliphatic rings. The molecule has 2 atom stereocenters. The van der Waals surface area contributed by atoms with Crippen molar-refractivity contribution in [1.29, 1.82) is 0 Å². The third-order valence-electron chi connectivity index (χ3n) is 4.74. The number of ether oxygens (including phenoxy) is 1. The fraction of sp³-hybridized carbons (Fsp3) is 1.00. The molecule has 1 saturated carbocycles. The molecule has 4 N–H and O–H groups in total. The number of hydrogen-bond acceptors (Lipinski definition) is 7. The second-order valence-electron chi connectivity index (χ2n) is 9.14. The first-order valence-corrected chi connectivity index (χ1v) is 10.4. The summed E-state index contributed by atoms with van der Waals surface area (Å²) < 4.78 is 5.77. The van der Waals surface area contributed by atoms with Crippen molar-refractivity contribution < 1.29 is 20.1 Å². The minimum Gasteiger partial charge on any atom is -0.394 e. The SMILES string of the molecule is CC(C)(C)OC(C)(O)N1CCN([C@@H](O)NC2CCCCC2)CC1.CC(C)O. The molecule has 1 heterocycles. The summed E-state index contributed by atoms with van der Waals surface area (Å²) in [5.41, 5.74) is -0.400. The Kier molecular flexibility index (Phi) is 10.1. The van der Waals surface area contributed by atoms with Crippen LogP contribution in [0.5, 0.6) is 0 Å². The Balaban J connectivity index is 0.000000828. The lowest BCUT2D eigenvalue weighted by atomic mass is 9.96. The monoisotopic (exact) mass is 389 g/mol. The van der Waals surface area contributed by atoms with Gasteiger partial charge in [-0.1, -0.05) is 19.3 Å². The molecule has 1 aliphatic heterocycles. The summed E-state index contributed by atoms with van der Waals surface area (Å²) in [6, 6.07) is 0.434. The molecule has 1 saturated heterocycles. The summed E-state index contributed by atoms with van der Waals surface area (Å²) >= 11 is 0. The lowest BCUT2D eigenvalue weighted by Gasteiger charge is -2.45. The second kappa shape index (κ2) is 11.0. The van der Waals surface area contributed by atoms with Crippen LogP contribution in [-0.4, -0.2) is 81.3 Å². The van der Waals surface area contributed by atoms with Gasteiger partial charge in [0.05, 0.1) is 5.60 Å². The third kappa shape index (κ3) is 10.2. The fourth-order valence-electron chi connectivity index (χ4n) is 3.61. The van der Waals surface area contributed by atoms with Crippen LogP contribution in [-0.2, 0) is 4.74 Å². The van der Waals surface area contributed by atoms with Gasteiger partial charge in [0.25, 0.3) is 0 Å². The summed E-state index contributed by atoms with van der Waals surface area (Å²) in [5, 5.41) is 32.4. The number of hydrogen-bond donors (Lipinski definition) is 4. The molecule has 0 amide bonds. The Bertz CT molecular complexity index is 396. The second-order valence-corrected chi connectivity index (χ2v) is 9.14. The maximum absolute atomic E-state index is 10.6. The van der Waals surface area contributed by atoms with Gasteiger partial charge in [0.1, 0.15) is 0 Å². The predicted molar refractivity (Wildman–Crippen MR) is 108 cm³/mol. The first kappa shape index (κ1) is 24.8. The van der Waals surface area contributed by atoms with Crippen molar-refractivity contribution in [2.24, 2.45) is 0 Å². The van der Waals surface area contributed by atoms with Gasteiger partial charge in [-0.2, -0.15) is 0 Å². The summed E-state index contributed by atoms with van der Waals surface area (Å²) in [6.45, 7) is 13.7. The smallest absolute Gasteiger partial charge is 0.225 e. The number of rotatable bonds is 5. The number of piperazine rings is 1. The Morgan fingerprint density at radius 1 is 0.926 bits per heavy atom. The molecule has 0 spiro atoms. The molecular weight excluding hydrogens is 346 g/mol. The van der Waals surface area contributed by atoms with E-state index in [1.165, 1.54) is 19.3 Å². The highest BCUT2D eigenvalue weighted by Crippen LogP contribution is 2.23. The van der Waals surface area contributed by atoms with E-state index < -0.39 is 17.9 Å². The number of aliphatic hydroxyl groups excluding tert-OH is 2. The van der Waals surface area contributed by atoms with E-state index in [9.17, 15) is 10.2 Å². The summed E-state index contributed by atoms with van der Waals surface area (Å²) in [4.78, 5) is 3.97. The molecule has 7 nitrogen and oxygen atoms in total. The van der Waals surface area contributed by atoms with E-state index in [1.54, 1.807) is 20.8 Å². The van der Waals surface area contributed by atoms with Crippen LogP contribution in [0.1, 0.15) is 73.6 Å². The average molecular weight is 390 g/mol. The highest BCUT2D eigenvalue weighted by molar-refractivity contribution is 4.80. The quantitative estimate of drug-likeness (QED) is 0.532. The van der Waals surface area contributed by atoms with Crippen LogP contribution in [0.15, 0.2) is 0 Å². The highest BCUT2D eigenvalue weighted by atomic mass is 16.7. The Morgan fingerprint density at radius 3 is 1.85 bits per heavy atom. The standard InChI is InChI=1S/C17H35N3O3.C3H8O/c1-16(2,3)23-17(4,22)20-12-10-19(11-13-20)15(21)18-14-8-6-5-7-9-14;1-3(2)4/h14-15,18,21-22H,5-13H2,1-4H3;3-4H,1-2H3/t15-,17?;/m0./s1. The van der Waals surface area contributed by atoms with E-state index in [-0.39, 0.29) is 6.10 Å². The molecule has 1 unspecified atom stereocenters. The van der Waals surface area contributed by atoms with Crippen LogP contribution in [0.25, 0.3) is 0 Å². The molecule has 27 heavy (non-hydrogen) atoms. The van der Waals surface area contributed by atoms with Crippen LogP contribution in [0.2, 0.25) is 0 Å². The zero-order chi connectivity index (χ0) is 20.7. The summed E-state index contributed by atoms with van der Waals surface area (Å²) in [6.07, 6.45) is 5.39. The molecule has 0 aromatic rings. The maximum atomic E-state index is 10.6. The lowest BCUT2D eigenvalue weighted by Crippen LogP contribution is -2.62. The van der Waals surface area contributed by atoms with Crippen LogP contribution >= 0.6 is 0 Å². The first-order valence-electron chi connectivity index (χ1n) is 10.4. The molecular formula is C20H43N3O4. The average Bonchev–Trinajstić information content (AvgIpc) is 2.53. The van der Waals surface area contributed by atoms with Crippen molar-refractivity contribution in [1.82, 2.24) is 15.1 Å². The van der Waals surface area contributed by atoms with Crippen LogP contribution in [0.4, 0.5) is 0 Å². The number of nitrogens with one attached hydrogen (secondary N) is 1. The molecule has 7 heteroatoms. The first-order chi connectivity index (χ1) is 12.4. The molecule has 0 aromatic carbocycles. The zero-order valence-electron chi connectivity index (χ0n) is 18.2. The maximum Gasteiger partial charge on any atom is 0.225 e. The Labute approximate surface area is 165 Å². The van der Waals surface area contributed by atoms with Crippen molar-refractivity contribution in [3.8, 4) is 0 Å². The van der Waals surface area contributed by atoms with Crippen molar-refractivity contribution in [3.63, 3.8) is 0 Å². The van der Waals surface area contributed by atoms with Crippen molar-refractivity contribution >= 4 is 0 Å². The minimum absolute atomic E-state index is 0.167. The summed E-state index contributed by atoms with van der Waals surface area (Å²) in [7, 11) is 0. The van der Waals surface area contributed by atoms with Gasteiger partial charge in [-0.05, 0) is 47.5 Å². The van der Waals surface area contributed by atoms with Crippen LogP contribution < -0.4 is 5.32 Å². The van der Waals surface area contributed by atoms with E-state index in [2.05, 4.69) is 5.32 Å². The molecule has 0 radical (unpaired) electrons. The summed E-state index contributed by atoms with van der Waals surface area (Å²) in [5.74, 6) is -1.27. The normalized spacial score (nSPS) is 24.2. The fourth-order valence-corrected chi connectivity index (χ4v) is 3.61. The van der Waals surface area contributed by atoms with Crippen molar-refractivity contribution in [2.45, 2.75) is 104 Å². The lowest BCUT2D eigenvalue weighted by molar-refractivity contribution is -0.323. The van der Waals surface area contributed by atoms with E-state index in [4.69, 9.17) is 9.84 Å². The van der Waals surface area contributed by atoms with E-state index in [0.717, 1.165) is 12.8 Å². The van der Waals surface area contributed by atoms with Gasteiger partial charge in [-0.15, -0.1) is 0 Å². The molecule has 0 bridgehead atoms. The number of nitrogens with zero attached hydrogens (tertiary/aromatic N) is 2. The van der Waals surface area contributed by atoms with Gasteiger partial charge in [-0.3, -0.25) is 15.1 Å². The molecule has 1 aliphatic carbocycles. The van der Waals surface area contributed by atoms with Crippen LogP contribution in [0.3, 0.4) is 0 Å². The largest absolute Gasteiger partial charge is 0.394 e. The van der Waals surface area contributed by atoms with Crippen LogP contribution in [0, 0.1) is 0 Å². The minimum atomic E-state index is -1.27. The van der Waals surface area contributed by atoms with Gasteiger partial charge in [0, 0.05) is 45.2 Å². The molecule has 0 aromatic heterocycles. The molecule has 162 valence electrons. The van der Waals surface area contributed by atoms with Gasteiger partial charge in [0.2, 0.25) is 5.91 Å². The topological polar surface area (TPSA) is 88.4 Å². The van der Waals surface area contributed by atoms with E-state index >= 15 is 0 Å². The third-order valence-corrected chi connectivity index (χ3v) is 4.74. The molecule has 2 fully saturated rings. The van der Waals surface area contributed by atoms with Gasteiger partial charge in [0.15, 0.2) is 6.35 Å². The van der Waals surface area contributed by atoms with Gasteiger partial charge >= 0.3 is 0 Å². The Morgan fingerprint density at radius 2 is 1.41 bits per heavy atom.